The van der Waals surface area contributed by atoms with Crippen LogP contribution in [0.5, 0.6) is 0 Å². The van der Waals surface area contributed by atoms with Crippen molar-refractivity contribution < 1.29 is 0 Å². The second kappa shape index (κ2) is 2.11. The minimum absolute atomic E-state index is 0.202. The molecule has 0 unspecified atom stereocenters. The van der Waals surface area contributed by atoms with Gasteiger partial charge in [-0.2, -0.15) is 0 Å². The first kappa shape index (κ1) is 7.47. The average Bonchev–Trinajstić information content (AvgIpc) is 1.99. The van der Waals surface area contributed by atoms with Crippen LogP contribution in [-0.2, 0) is 0 Å². The van der Waals surface area contributed by atoms with E-state index in [1.807, 2.05) is 0 Å². The summed E-state index contributed by atoms with van der Waals surface area (Å²) < 4.78 is 0. The van der Waals surface area contributed by atoms with Crippen molar-refractivity contribution in [3.63, 3.8) is 0 Å². The SMILES string of the molecule is [B]C1(C)C2CC3CC(C2)CC1C3. The predicted octanol–water partition coefficient (Wildman–Crippen LogP) is 2.79. The van der Waals surface area contributed by atoms with Gasteiger partial charge in [0.25, 0.3) is 0 Å². The Balaban J connectivity index is 1.96. The van der Waals surface area contributed by atoms with E-state index in [1.165, 1.54) is 32.1 Å². The summed E-state index contributed by atoms with van der Waals surface area (Å²) in [6.07, 6.45) is 7.31. The van der Waals surface area contributed by atoms with Gasteiger partial charge in [-0.05, 0) is 55.8 Å². The first-order chi connectivity index (χ1) is 5.66. The Morgan fingerprint density at radius 1 is 0.917 bits per heavy atom. The van der Waals surface area contributed by atoms with Crippen molar-refractivity contribution in [2.45, 2.75) is 44.3 Å². The summed E-state index contributed by atoms with van der Waals surface area (Å²) in [4.78, 5) is 0. The average molecular weight is 160 g/mol. The van der Waals surface area contributed by atoms with Gasteiger partial charge in [-0.25, -0.2) is 0 Å². The molecule has 12 heavy (non-hydrogen) atoms. The number of hydrogen-bond acceptors (Lipinski definition) is 0. The van der Waals surface area contributed by atoms with E-state index >= 15 is 0 Å². The molecule has 1 heteroatoms. The van der Waals surface area contributed by atoms with Gasteiger partial charge in [0.05, 0.1) is 7.85 Å². The zero-order chi connectivity index (χ0) is 8.34. The van der Waals surface area contributed by atoms with Crippen molar-refractivity contribution in [2.75, 3.05) is 0 Å². The molecule has 0 aromatic carbocycles. The van der Waals surface area contributed by atoms with Crippen molar-refractivity contribution in [3.05, 3.63) is 0 Å². The fourth-order valence-corrected chi connectivity index (χ4v) is 4.20. The summed E-state index contributed by atoms with van der Waals surface area (Å²) in [5.41, 5.74) is 0. The molecule has 2 radical (unpaired) electrons. The van der Waals surface area contributed by atoms with Crippen molar-refractivity contribution in [1.82, 2.24) is 0 Å². The van der Waals surface area contributed by atoms with E-state index in [0.717, 1.165) is 23.7 Å². The molecule has 0 saturated heterocycles. The highest BCUT2D eigenvalue weighted by Gasteiger charge is 2.51. The highest BCUT2D eigenvalue weighted by atomic mass is 14.5. The molecule has 4 aliphatic carbocycles. The normalized spacial score (nSPS) is 62.4. The Morgan fingerprint density at radius 2 is 1.33 bits per heavy atom. The molecule has 0 aliphatic heterocycles. The van der Waals surface area contributed by atoms with E-state index in [4.69, 9.17) is 7.85 Å². The molecule has 4 rings (SSSR count). The lowest BCUT2D eigenvalue weighted by Crippen LogP contribution is -2.47. The molecule has 0 amide bonds. The first-order valence-electron chi connectivity index (χ1n) is 5.45. The van der Waals surface area contributed by atoms with Crippen LogP contribution in [0.15, 0.2) is 0 Å². The molecule has 0 aromatic rings. The molecule has 4 aliphatic rings. The molecular formula is C11H17B. The van der Waals surface area contributed by atoms with E-state index in [0.29, 0.717) is 0 Å². The van der Waals surface area contributed by atoms with Crippen LogP contribution in [-0.4, -0.2) is 7.85 Å². The van der Waals surface area contributed by atoms with Gasteiger partial charge in [0.2, 0.25) is 0 Å². The maximum atomic E-state index is 6.41. The number of hydrogen-bond donors (Lipinski definition) is 0. The third-order valence-corrected chi connectivity index (χ3v) is 4.90. The van der Waals surface area contributed by atoms with Gasteiger partial charge in [-0.1, -0.05) is 12.2 Å². The monoisotopic (exact) mass is 160 g/mol. The second-order valence-corrected chi connectivity index (χ2v) is 5.67. The molecule has 0 aromatic heterocycles. The van der Waals surface area contributed by atoms with Crippen molar-refractivity contribution >= 4 is 7.85 Å². The Kier molecular flexibility index (Phi) is 1.31. The third kappa shape index (κ3) is 0.804. The molecule has 4 bridgehead atoms. The fraction of sp³-hybridized carbons (Fsp3) is 1.00. The van der Waals surface area contributed by atoms with E-state index in [9.17, 15) is 0 Å². The zero-order valence-electron chi connectivity index (χ0n) is 7.92. The van der Waals surface area contributed by atoms with E-state index < -0.39 is 0 Å². The Morgan fingerprint density at radius 3 is 1.75 bits per heavy atom. The molecule has 0 atom stereocenters. The maximum Gasteiger partial charge on any atom is 0.0750 e. The molecule has 0 spiro atoms. The summed E-state index contributed by atoms with van der Waals surface area (Å²) in [6.45, 7) is 2.31. The standard InChI is InChI=1S/C11H17B/c1-11(12)9-3-7-2-8(5-9)6-10(11)4-7/h7-10H,2-6H2,1H3. The highest BCUT2D eigenvalue weighted by Crippen LogP contribution is 2.64. The lowest BCUT2D eigenvalue weighted by atomic mass is 9.40. The lowest BCUT2D eigenvalue weighted by Gasteiger charge is -2.59. The summed E-state index contributed by atoms with van der Waals surface area (Å²) in [5.74, 6) is 3.86. The summed E-state index contributed by atoms with van der Waals surface area (Å²) in [5, 5.41) is 0.202. The summed E-state index contributed by atoms with van der Waals surface area (Å²) in [7, 11) is 6.41. The zero-order valence-corrected chi connectivity index (χ0v) is 7.92. The Hall–Kier alpha value is 0.0649. The van der Waals surface area contributed by atoms with E-state index in [1.54, 1.807) is 0 Å². The van der Waals surface area contributed by atoms with Crippen LogP contribution in [0, 0.1) is 23.7 Å². The molecule has 0 N–H and O–H groups in total. The minimum Gasteiger partial charge on any atom is -0.0671 e. The van der Waals surface area contributed by atoms with E-state index in [-0.39, 0.29) is 5.31 Å². The van der Waals surface area contributed by atoms with Gasteiger partial charge in [0.15, 0.2) is 0 Å². The van der Waals surface area contributed by atoms with Crippen molar-refractivity contribution in [1.29, 1.82) is 0 Å². The number of rotatable bonds is 0. The lowest BCUT2D eigenvalue weighted by molar-refractivity contribution is -0.0177. The van der Waals surface area contributed by atoms with Crippen LogP contribution in [0.2, 0.25) is 5.31 Å². The largest absolute Gasteiger partial charge is 0.0750 e. The third-order valence-electron chi connectivity index (χ3n) is 4.90. The minimum atomic E-state index is 0.202. The van der Waals surface area contributed by atoms with Crippen LogP contribution in [0.1, 0.15) is 39.0 Å². The quantitative estimate of drug-likeness (QED) is 0.478. The molecule has 4 saturated carbocycles. The highest BCUT2D eigenvalue weighted by molar-refractivity contribution is 6.15. The summed E-state index contributed by atoms with van der Waals surface area (Å²) in [6, 6.07) is 0. The van der Waals surface area contributed by atoms with Gasteiger partial charge in [-0.3, -0.25) is 0 Å². The molecular weight excluding hydrogens is 143 g/mol. The molecule has 64 valence electrons. The van der Waals surface area contributed by atoms with Crippen molar-refractivity contribution in [3.8, 4) is 0 Å². The second-order valence-electron chi connectivity index (χ2n) is 5.67. The molecule has 0 nitrogen and oxygen atoms in total. The Bertz CT molecular complexity index is 177. The summed E-state index contributed by atoms with van der Waals surface area (Å²) >= 11 is 0. The van der Waals surface area contributed by atoms with Crippen LogP contribution in [0.4, 0.5) is 0 Å². The predicted molar refractivity (Wildman–Crippen MR) is 51.2 cm³/mol. The van der Waals surface area contributed by atoms with Gasteiger partial charge in [0.1, 0.15) is 0 Å². The van der Waals surface area contributed by atoms with Gasteiger partial charge >= 0.3 is 0 Å². The van der Waals surface area contributed by atoms with Crippen LogP contribution in [0.25, 0.3) is 0 Å². The van der Waals surface area contributed by atoms with E-state index in [2.05, 4.69) is 6.92 Å². The first-order valence-corrected chi connectivity index (χ1v) is 5.45. The Labute approximate surface area is 76.5 Å². The van der Waals surface area contributed by atoms with Crippen LogP contribution >= 0.6 is 0 Å². The molecule has 4 fully saturated rings. The fourth-order valence-electron chi connectivity index (χ4n) is 4.20. The molecule has 0 heterocycles. The smallest absolute Gasteiger partial charge is 0.0671 e. The van der Waals surface area contributed by atoms with Gasteiger partial charge < -0.3 is 0 Å². The topological polar surface area (TPSA) is 0 Å². The van der Waals surface area contributed by atoms with Crippen molar-refractivity contribution in [2.24, 2.45) is 23.7 Å². The van der Waals surface area contributed by atoms with Gasteiger partial charge in [-0.15, -0.1) is 0 Å². The van der Waals surface area contributed by atoms with Gasteiger partial charge in [0, 0.05) is 0 Å². The van der Waals surface area contributed by atoms with Crippen LogP contribution in [0.3, 0.4) is 0 Å². The maximum absolute atomic E-state index is 6.41. The van der Waals surface area contributed by atoms with Crippen LogP contribution < -0.4 is 0 Å².